The summed E-state index contributed by atoms with van der Waals surface area (Å²) in [5.74, 6) is 2.25. The molecule has 1 fully saturated rings. The van der Waals surface area contributed by atoms with Crippen molar-refractivity contribution in [2.75, 3.05) is 30.9 Å². The molecule has 84 valence electrons. The average Bonchev–Trinajstić information content (AvgIpc) is 2.16. The Labute approximate surface area is 90.3 Å². The number of hydrogen-bond acceptors (Lipinski definition) is 4. The Balaban J connectivity index is 2.33. The molecule has 0 spiro atoms. The minimum absolute atomic E-state index is 0.149. The van der Waals surface area contributed by atoms with Crippen LogP contribution in [0.5, 0.6) is 0 Å². The lowest BCUT2D eigenvalue weighted by atomic mass is 10.2. The minimum Gasteiger partial charge on any atom is -0.319 e. The first-order valence-electron chi connectivity index (χ1n) is 4.86. The third kappa shape index (κ3) is 4.63. The predicted molar refractivity (Wildman–Crippen MR) is 61.2 cm³/mol. The Morgan fingerprint density at radius 3 is 2.86 bits per heavy atom. The Kier molecular flexibility index (Phi) is 5.22. The Bertz CT molecular complexity index is 248. The van der Waals surface area contributed by atoms with Crippen LogP contribution in [0, 0.1) is 0 Å². The van der Waals surface area contributed by atoms with Gasteiger partial charge in [-0.2, -0.15) is 11.8 Å². The highest BCUT2D eigenvalue weighted by molar-refractivity contribution is 7.99. The molecule has 0 aromatic heterocycles. The van der Waals surface area contributed by atoms with Crippen LogP contribution in [0.15, 0.2) is 0 Å². The van der Waals surface area contributed by atoms with E-state index in [1.54, 1.807) is 7.05 Å². The maximum absolute atomic E-state index is 11.5. The van der Waals surface area contributed by atoms with Crippen LogP contribution >= 0.6 is 11.8 Å². The molecule has 0 aromatic rings. The first-order valence-corrected chi connectivity index (χ1v) is 7.67. The normalized spacial score (nSPS) is 23.6. The zero-order valence-corrected chi connectivity index (χ0v) is 10.1. The molecule has 0 saturated carbocycles. The van der Waals surface area contributed by atoms with Gasteiger partial charge < -0.3 is 5.32 Å². The van der Waals surface area contributed by atoms with E-state index in [4.69, 9.17) is 0 Å². The molecule has 6 heteroatoms. The summed E-state index contributed by atoms with van der Waals surface area (Å²) in [6, 6.07) is 0.149. The predicted octanol–water partition coefficient (Wildman–Crippen LogP) is 0.0208. The van der Waals surface area contributed by atoms with Crippen molar-refractivity contribution >= 4 is 21.8 Å². The molecule has 2 N–H and O–H groups in total. The fourth-order valence-electron chi connectivity index (χ4n) is 1.38. The van der Waals surface area contributed by atoms with Crippen molar-refractivity contribution < 1.29 is 8.42 Å². The summed E-state index contributed by atoms with van der Waals surface area (Å²) in [6.07, 6.45) is 2.09. The topological polar surface area (TPSA) is 58.2 Å². The van der Waals surface area contributed by atoms with Gasteiger partial charge in [-0.15, -0.1) is 0 Å². The maximum atomic E-state index is 11.5. The van der Waals surface area contributed by atoms with E-state index < -0.39 is 10.0 Å². The summed E-state index contributed by atoms with van der Waals surface area (Å²) in [5.41, 5.74) is 0. The van der Waals surface area contributed by atoms with E-state index in [0.717, 1.165) is 24.3 Å². The van der Waals surface area contributed by atoms with Crippen LogP contribution in [0.3, 0.4) is 0 Å². The number of hydrogen-bond donors (Lipinski definition) is 2. The van der Waals surface area contributed by atoms with Crippen molar-refractivity contribution in [3.05, 3.63) is 0 Å². The van der Waals surface area contributed by atoms with Crippen molar-refractivity contribution in [1.29, 1.82) is 0 Å². The summed E-state index contributed by atoms with van der Waals surface area (Å²) in [4.78, 5) is 0. The Hall–Kier alpha value is 0.220. The minimum atomic E-state index is -3.07. The van der Waals surface area contributed by atoms with E-state index in [1.165, 1.54) is 0 Å². The second kappa shape index (κ2) is 5.95. The van der Waals surface area contributed by atoms with Crippen LogP contribution in [0.1, 0.15) is 12.8 Å². The molecule has 1 saturated heterocycles. The SMILES string of the molecule is CNCCS(=O)(=O)NC1CCCSC1. The van der Waals surface area contributed by atoms with Gasteiger partial charge in [-0.1, -0.05) is 0 Å². The van der Waals surface area contributed by atoms with Crippen molar-refractivity contribution in [1.82, 2.24) is 10.0 Å². The molecule has 1 rings (SSSR count). The zero-order chi connectivity index (χ0) is 10.4. The Morgan fingerprint density at radius 2 is 2.29 bits per heavy atom. The van der Waals surface area contributed by atoms with E-state index >= 15 is 0 Å². The van der Waals surface area contributed by atoms with E-state index in [-0.39, 0.29) is 11.8 Å². The third-order valence-electron chi connectivity index (χ3n) is 2.13. The summed E-state index contributed by atoms with van der Waals surface area (Å²) in [6.45, 7) is 0.509. The molecule has 0 amide bonds. The molecular formula is C8H18N2O2S2. The molecule has 14 heavy (non-hydrogen) atoms. The first-order chi connectivity index (χ1) is 6.64. The van der Waals surface area contributed by atoms with Gasteiger partial charge in [0.2, 0.25) is 10.0 Å². The summed E-state index contributed by atoms with van der Waals surface area (Å²) in [5, 5.41) is 2.84. The van der Waals surface area contributed by atoms with Gasteiger partial charge in [0.25, 0.3) is 0 Å². The molecule has 1 aliphatic rings. The fraction of sp³-hybridized carbons (Fsp3) is 1.00. The molecular weight excluding hydrogens is 220 g/mol. The zero-order valence-electron chi connectivity index (χ0n) is 8.45. The third-order valence-corrected chi connectivity index (χ3v) is 4.78. The molecule has 1 atom stereocenters. The summed E-state index contributed by atoms with van der Waals surface area (Å²) in [7, 11) is -1.31. The quantitative estimate of drug-likeness (QED) is 0.709. The molecule has 0 bridgehead atoms. The maximum Gasteiger partial charge on any atom is 0.213 e. The molecule has 1 heterocycles. The van der Waals surface area contributed by atoms with Crippen LogP contribution in [-0.2, 0) is 10.0 Å². The van der Waals surface area contributed by atoms with Crippen LogP contribution in [0.4, 0.5) is 0 Å². The van der Waals surface area contributed by atoms with Crippen molar-refractivity contribution in [2.45, 2.75) is 18.9 Å². The fourth-order valence-corrected chi connectivity index (χ4v) is 3.86. The largest absolute Gasteiger partial charge is 0.319 e. The lowest BCUT2D eigenvalue weighted by Crippen LogP contribution is -2.41. The number of rotatable bonds is 5. The smallest absolute Gasteiger partial charge is 0.213 e. The lowest BCUT2D eigenvalue weighted by molar-refractivity contribution is 0.541. The summed E-state index contributed by atoms with van der Waals surface area (Å²) < 4.78 is 25.7. The highest BCUT2D eigenvalue weighted by atomic mass is 32.2. The van der Waals surface area contributed by atoms with Crippen LogP contribution in [-0.4, -0.2) is 45.3 Å². The van der Waals surface area contributed by atoms with Gasteiger partial charge in [-0.05, 0) is 25.6 Å². The van der Waals surface area contributed by atoms with Crippen molar-refractivity contribution in [3.8, 4) is 0 Å². The first kappa shape index (κ1) is 12.3. The number of thioether (sulfide) groups is 1. The van der Waals surface area contributed by atoms with Gasteiger partial charge in [0.1, 0.15) is 0 Å². The molecule has 4 nitrogen and oxygen atoms in total. The lowest BCUT2D eigenvalue weighted by Gasteiger charge is -2.22. The van der Waals surface area contributed by atoms with Crippen LogP contribution in [0.25, 0.3) is 0 Å². The van der Waals surface area contributed by atoms with Gasteiger partial charge in [0.15, 0.2) is 0 Å². The molecule has 0 aromatic carbocycles. The highest BCUT2D eigenvalue weighted by Gasteiger charge is 2.19. The van der Waals surface area contributed by atoms with Gasteiger partial charge in [0, 0.05) is 18.3 Å². The van der Waals surface area contributed by atoms with E-state index in [0.29, 0.717) is 6.54 Å². The average molecular weight is 238 g/mol. The number of nitrogens with one attached hydrogen (secondary N) is 2. The van der Waals surface area contributed by atoms with Gasteiger partial charge in [0.05, 0.1) is 5.75 Å². The molecule has 1 unspecified atom stereocenters. The number of sulfonamides is 1. The second-order valence-corrected chi connectivity index (χ2v) is 6.48. The van der Waals surface area contributed by atoms with Gasteiger partial charge in [-0.25, -0.2) is 13.1 Å². The van der Waals surface area contributed by atoms with E-state index in [2.05, 4.69) is 10.0 Å². The van der Waals surface area contributed by atoms with E-state index in [9.17, 15) is 8.42 Å². The standard InChI is InChI=1S/C8H18N2O2S2/c1-9-4-6-14(11,12)10-8-3-2-5-13-7-8/h8-10H,2-7H2,1H3. The van der Waals surface area contributed by atoms with Crippen molar-refractivity contribution in [3.63, 3.8) is 0 Å². The molecule has 1 aliphatic heterocycles. The van der Waals surface area contributed by atoms with Crippen molar-refractivity contribution in [2.24, 2.45) is 0 Å². The Morgan fingerprint density at radius 1 is 1.50 bits per heavy atom. The molecule has 0 aliphatic carbocycles. The second-order valence-electron chi connectivity index (χ2n) is 3.45. The van der Waals surface area contributed by atoms with Crippen LogP contribution < -0.4 is 10.0 Å². The highest BCUT2D eigenvalue weighted by Crippen LogP contribution is 2.17. The van der Waals surface area contributed by atoms with Gasteiger partial charge >= 0.3 is 0 Å². The monoisotopic (exact) mass is 238 g/mol. The van der Waals surface area contributed by atoms with Gasteiger partial charge in [-0.3, -0.25) is 0 Å². The summed E-state index contributed by atoms with van der Waals surface area (Å²) >= 11 is 1.82. The van der Waals surface area contributed by atoms with Crippen LogP contribution in [0.2, 0.25) is 0 Å². The van der Waals surface area contributed by atoms with E-state index in [1.807, 2.05) is 11.8 Å². The molecule has 0 radical (unpaired) electrons.